The molecule has 0 aliphatic carbocycles. The van der Waals surface area contributed by atoms with Gasteiger partial charge in [0.15, 0.2) is 0 Å². The zero-order chi connectivity index (χ0) is 9.68. The lowest BCUT2D eigenvalue weighted by Gasteiger charge is -2.05. The Bertz CT molecular complexity index is 301. The summed E-state index contributed by atoms with van der Waals surface area (Å²) in [6.07, 6.45) is 0. The SMILES string of the molecule is COc1cccc(NC(=O)NN)c1. The molecular weight excluding hydrogens is 170 g/mol. The molecule has 4 N–H and O–H groups in total. The van der Waals surface area contributed by atoms with E-state index in [-0.39, 0.29) is 0 Å². The minimum absolute atomic E-state index is 0.465. The van der Waals surface area contributed by atoms with Crippen LogP contribution in [0.1, 0.15) is 0 Å². The fourth-order valence-corrected chi connectivity index (χ4v) is 0.868. The molecule has 1 aromatic carbocycles. The zero-order valence-electron chi connectivity index (χ0n) is 7.20. The lowest BCUT2D eigenvalue weighted by Crippen LogP contribution is -2.34. The third-order valence-corrected chi connectivity index (χ3v) is 1.46. The Morgan fingerprint density at radius 3 is 2.92 bits per heavy atom. The molecule has 0 aliphatic heterocycles. The second-order valence-electron chi connectivity index (χ2n) is 2.33. The quantitative estimate of drug-likeness (QED) is 0.357. The fraction of sp³-hybridized carbons (Fsp3) is 0.125. The van der Waals surface area contributed by atoms with E-state index in [1.54, 1.807) is 31.4 Å². The number of hydrogen-bond acceptors (Lipinski definition) is 3. The molecule has 0 spiro atoms. The van der Waals surface area contributed by atoms with Crippen LogP contribution in [0.3, 0.4) is 0 Å². The van der Waals surface area contributed by atoms with E-state index in [0.29, 0.717) is 11.4 Å². The van der Waals surface area contributed by atoms with Crippen LogP contribution in [0.2, 0.25) is 0 Å². The van der Waals surface area contributed by atoms with Gasteiger partial charge < -0.3 is 10.1 Å². The summed E-state index contributed by atoms with van der Waals surface area (Å²) in [6.45, 7) is 0. The van der Waals surface area contributed by atoms with Crippen LogP contribution < -0.4 is 21.3 Å². The molecule has 0 fully saturated rings. The fourth-order valence-electron chi connectivity index (χ4n) is 0.868. The summed E-state index contributed by atoms with van der Waals surface area (Å²) in [5.41, 5.74) is 2.59. The Morgan fingerprint density at radius 1 is 1.54 bits per heavy atom. The van der Waals surface area contributed by atoms with Crippen molar-refractivity contribution in [2.24, 2.45) is 5.84 Å². The van der Waals surface area contributed by atoms with Gasteiger partial charge in [0.05, 0.1) is 7.11 Å². The largest absolute Gasteiger partial charge is 0.497 e. The van der Waals surface area contributed by atoms with Crippen LogP contribution in [0.4, 0.5) is 10.5 Å². The second kappa shape index (κ2) is 4.32. The van der Waals surface area contributed by atoms with Crippen LogP contribution >= 0.6 is 0 Å². The first-order valence-electron chi connectivity index (χ1n) is 3.68. The molecule has 1 aromatic rings. The highest BCUT2D eigenvalue weighted by Crippen LogP contribution is 2.16. The molecule has 0 aromatic heterocycles. The third kappa shape index (κ3) is 2.64. The number of benzene rings is 1. The Balaban J connectivity index is 2.71. The lowest BCUT2D eigenvalue weighted by molar-refractivity contribution is 0.252. The van der Waals surface area contributed by atoms with E-state index in [1.807, 2.05) is 5.43 Å². The van der Waals surface area contributed by atoms with E-state index in [1.165, 1.54) is 0 Å². The summed E-state index contributed by atoms with van der Waals surface area (Å²) in [7, 11) is 1.56. The molecule has 5 heteroatoms. The molecule has 0 saturated heterocycles. The van der Waals surface area contributed by atoms with Crippen molar-refractivity contribution in [3.63, 3.8) is 0 Å². The van der Waals surface area contributed by atoms with Gasteiger partial charge in [0.2, 0.25) is 0 Å². The van der Waals surface area contributed by atoms with Crippen molar-refractivity contribution >= 4 is 11.7 Å². The third-order valence-electron chi connectivity index (χ3n) is 1.46. The Hall–Kier alpha value is -1.75. The van der Waals surface area contributed by atoms with Crippen LogP contribution in [-0.2, 0) is 0 Å². The van der Waals surface area contributed by atoms with E-state index in [4.69, 9.17) is 10.6 Å². The normalized spacial score (nSPS) is 9.08. The molecule has 0 unspecified atom stereocenters. The number of nitrogens with two attached hydrogens (primary N) is 1. The van der Waals surface area contributed by atoms with Gasteiger partial charge in [-0.3, -0.25) is 5.43 Å². The molecule has 5 nitrogen and oxygen atoms in total. The highest BCUT2D eigenvalue weighted by Gasteiger charge is 1.98. The average molecular weight is 181 g/mol. The second-order valence-corrected chi connectivity index (χ2v) is 2.33. The van der Waals surface area contributed by atoms with Crippen molar-refractivity contribution < 1.29 is 9.53 Å². The average Bonchev–Trinajstić information content (AvgIpc) is 2.18. The number of methoxy groups -OCH3 is 1. The van der Waals surface area contributed by atoms with Crippen molar-refractivity contribution in [3.8, 4) is 5.75 Å². The standard InChI is InChI=1S/C8H11N3O2/c1-13-7-4-2-3-6(5-7)10-8(12)11-9/h2-5H,9H2,1H3,(H2,10,11,12). The van der Waals surface area contributed by atoms with Crippen LogP contribution in [0, 0.1) is 0 Å². The van der Waals surface area contributed by atoms with Gasteiger partial charge in [-0.25, -0.2) is 10.6 Å². The molecule has 1 rings (SSSR count). The Morgan fingerprint density at radius 2 is 2.31 bits per heavy atom. The predicted molar refractivity (Wildman–Crippen MR) is 49.3 cm³/mol. The molecule has 0 bridgehead atoms. The summed E-state index contributed by atoms with van der Waals surface area (Å²) in [5, 5.41) is 2.51. The summed E-state index contributed by atoms with van der Waals surface area (Å²) >= 11 is 0. The van der Waals surface area contributed by atoms with Gasteiger partial charge in [0, 0.05) is 11.8 Å². The summed E-state index contributed by atoms with van der Waals surface area (Å²) < 4.78 is 4.97. The number of carbonyl (C=O) groups excluding carboxylic acids is 1. The molecule has 0 heterocycles. The number of hydrogen-bond donors (Lipinski definition) is 3. The summed E-state index contributed by atoms with van der Waals surface area (Å²) in [6, 6.07) is 6.51. The summed E-state index contributed by atoms with van der Waals surface area (Å²) in [4.78, 5) is 10.8. The maximum atomic E-state index is 10.8. The predicted octanol–water partition coefficient (Wildman–Crippen LogP) is 0.690. The van der Waals surface area contributed by atoms with Crippen molar-refractivity contribution in [2.75, 3.05) is 12.4 Å². The number of carbonyl (C=O) groups is 1. The summed E-state index contributed by atoms with van der Waals surface area (Å²) in [5.74, 6) is 5.57. The van der Waals surface area contributed by atoms with Crippen LogP contribution in [0.15, 0.2) is 24.3 Å². The molecule has 0 atom stereocenters. The van der Waals surface area contributed by atoms with Gasteiger partial charge in [0.25, 0.3) is 0 Å². The molecular formula is C8H11N3O2. The lowest BCUT2D eigenvalue weighted by atomic mass is 10.3. The smallest absolute Gasteiger partial charge is 0.333 e. The van der Waals surface area contributed by atoms with Gasteiger partial charge in [-0.15, -0.1) is 0 Å². The monoisotopic (exact) mass is 181 g/mol. The van der Waals surface area contributed by atoms with Gasteiger partial charge in [-0.05, 0) is 12.1 Å². The van der Waals surface area contributed by atoms with E-state index >= 15 is 0 Å². The van der Waals surface area contributed by atoms with Gasteiger partial charge in [-0.1, -0.05) is 6.07 Å². The van der Waals surface area contributed by atoms with Gasteiger partial charge in [0.1, 0.15) is 5.75 Å². The number of anilines is 1. The number of urea groups is 1. The number of hydrazine groups is 1. The molecule has 70 valence electrons. The topological polar surface area (TPSA) is 76.4 Å². The highest BCUT2D eigenvalue weighted by atomic mass is 16.5. The molecule has 0 saturated carbocycles. The van der Waals surface area contributed by atoms with Crippen molar-refractivity contribution in [1.29, 1.82) is 0 Å². The number of amides is 2. The maximum absolute atomic E-state index is 10.8. The Kier molecular flexibility index (Phi) is 3.10. The van der Waals surface area contributed by atoms with Crippen molar-refractivity contribution in [1.82, 2.24) is 5.43 Å². The number of rotatable bonds is 2. The first kappa shape index (κ1) is 9.34. The highest BCUT2D eigenvalue weighted by molar-refractivity contribution is 5.88. The first-order chi connectivity index (χ1) is 6.26. The minimum Gasteiger partial charge on any atom is -0.497 e. The van der Waals surface area contributed by atoms with E-state index in [0.717, 1.165) is 0 Å². The molecule has 0 radical (unpaired) electrons. The first-order valence-corrected chi connectivity index (χ1v) is 3.68. The van der Waals surface area contributed by atoms with Crippen LogP contribution in [0.5, 0.6) is 5.75 Å². The van der Waals surface area contributed by atoms with Gasteiger partial charge >= 0.3 is 6.03 Å². The van der Waals surface area contributed by atoms with Crippen molar-refractivity contribution in [3.05, 3.63) is 24.3 Å². The molecule has 13 heavy (non-hydrogen) atoms. The van der Waals surface area contributed by atoms with Crippen molar-refractivity contribution in [2.45, 2.75) is 0 Å². The molecule has 2 amide bonds. The molecule has 0 aliphatic rings. The number of nitrogens with one attached hydrogen (secondary N) is 2. The van der Waals surface area contributed by atoms with Gasteiger partial charge in [-0.2, -0.15) is 0 Å². The van der Waals surface area contributed by atoms with E-state index in [9.17, 15) is 4.79 Å². The Labute approximate surface area is 75.8 Å². The zero-order valence-corrected chi connectivity index (χ0v) is 7.20. The van der Waals surface area contributed by atoms with E-state index in [2.05, 4.69) is 5.32 Å². The number of ether oxygens (including phenoxy) is 1. The van der Waals surface area contributed by atoms with Crippen LogP contribution in [0.25, 0.3) is 0 Å². The van der Waals surface area contributed by atoms with Crippen LogP contribution in [-0.4, -0.2) is 13.1 Å². The maximum Gasteiger partial charge on any atom is 0.333 e. The minimum atomic E-state index is -0.465. The van der Waals surface area contributed by atoms with E-state index < -0.39 is 6.03 Å².